The van der Waals surface area contributed by atoms with Gasteiger partial charge in [-0.05, 0) is 69.9 Å². The molecule has 1 aliphatic rings. The average Bonchev–Trinajstić information content (AvgIpc) is 3.27. The third-order valence-electron chi connectivity index (χ3n) is 8.36. The number of esters is 1. The molecule has 43 heavy (non-hydrogen) atoms. The molecule has 1 atom stereocenters. The lowest BCUT2D eigenvalue weighted by Crippen LogP contribution is -2.54. The Hall–Kier alpha value is -4.31. The second-order valence-corrected chi connectivity index (χ2v) is 11.4. The van der Waals surface area contributed by atoms with E-state index in [0.717, 1.165) is 5.56 Å². The Balaban J connectivity index is 1.51. The molecule has 9 nitrogen and oxygen atoms in total. The van der Waals surface area contributed by atoms with E-state index in [4.69, 9.17) is 9.72 Å². The lowest BCUT2D eigenvalue weighted by Gasteiger charge is -2.41. The van der Waals surface area contributed by atoms with Crippen molar-refractivity contribution in [3.8, 4) is 22.5 Å². The Morgan fingerprint density at radius 1 is 1.09 bits per heavy atom. The van der Waals surface area contributed by atoms with Crippen LogP contribution < -0.4 is 10.9 Å². The fraction of sp³-hybridized carbons (Fsp3) is 0.394. The first-order valence-electron chi connectivity index (χ1n) is 14.8. The van der Waals surface area contributed by atoms with E-state index in [9.17, 15) is 14.0 Å². The van der Waals surface area contributed by atoms with E-state index in [1.807, 2.05) is 62.8 Å². The number of likely N-dealkylation sites (tertiary alicyclic amines) is 1. The van der Waals surface area contributed by atoms with Gasteiger partial charge in [0.05, 0.1) is 35.6 Å². The van der Waals surface area contributed by atoms with Crippen LogP contribution in [0.4, 0.5) is 10.3 Å². The zero-order valence-corrected chi connectivity index (χ0v) is 25.4. The number of nitrogens with one attached hydrogen (secondary N) is 1. The van der Waals surface area contributed by atoms with Crippen LogP contribution in [0.3, 0.4) is 0 Å². The number of hydrogen-bond acceptors (Lipinski definition) is 7. The summed E-state index contributed by atoms with van der Waals surface area (Å²) in [7, 11) is 1.86. The van der Waals surface area contributed by atoms with Crippen LogP contribution in [0.5, 0.6) is 0 Å². The SMILES string of the molecule is CCOC(=O)C(C)(C)N1CCC(n2c(=O)c(-c3ccc(F)cc3)c(-c3ccnc(NC(C)c4ccccc4)n3)n2C)CC1. The van der Waals surface area contributed by atoms with Gasteiger partial charge in [-0.15, -0.1) is 0 Å². The first-order chi connectivity index (χ1) is 20.6. The Morgan fingerprint density at radius 2 is 1.77 bits per heavy atom. The molecule has 4 aromatic rings. The van der Waals surface area contributed by atoms with Crippen molar-refractivity contribution in [2.75, 3.05) is 25.0 Å². The normalized spacial score (nSPS) is 15.3. The molecule has 1 N–H and O–H groups in total. The maximum atomic E-state index is 14.2. The molecule has 1 aliphatic heterocycles. The van der Waals surface area contributed by atoms with Gasteiger partial charge in [-0.3, -0.25) is 19.2 Å². The lowest BCUT2D eigenvalue weighted by molar-refractivity contribution is -0.156. The molecular formula is C33H39FN6O3. The first-order valence-corrected chi connectivity index (χ1v) is 14.8. The zero-order chi connectivity index (χ0) is 30.7. The van der Waals surface area contributed by atoms with Gasteiger partial charge >= 0.3 is 5.97 Å². The van der Waals surface area contributed by atoms with Gasteiger partial charge in [0, 0.05) is 26.3 Å². The number of hydrogen-bond donors (Lipinski definition) is 1. The summed E-state index contributed by atoms with van der Waals surface area (Å²) in [5.74, 6) is -0.185. The molecule has 2 aromatic carbocycles. The summed E-state index contributed by atoms with van der Waals surface area (Å²) in [6.07, 6.45) is 3.02. The number of piperidine rings is 1. The standard InChI is InChI=1S/C33H39FN6O3/c1-6-43-31(42)33(3,4)39-20-17-26(18-21-39)40-30(41)28(24-12-14-25(34)15-13-24)29(38(40)5)27-16-19-35-32(37-27)36-22(2)23-10-8-7-9-11-23/h7-16,19,22,26H,6,17-18,20-21H2,1-5H3,(H,35,36,37). The molecule has 0 bridgehead atoms. The van der Waals surface area contributed by atoms with Crippen LogP contribution in [0, 0.1) is 5.82 Å². The molecule has 5 rings (SSSR count). The van der Waals surface area contributed by atoms with Crippen molar-refractivity contribution in [2.24, 2.45) is 7.05 Å². The lowest BCUT2D eigenvalue weighted by atomic mass is 9.96. The third-order valence-corrected chi connectivity index (χ3v) is 8.36. The minimum Gasteiger partial charge on any atom is -0.465 e. The van der Waals surface area contributed by atoms with Gasteiger partial charge in [-0.1, -0.05) is 42.5 Å². The van der Waals surface area contributed by atoms with Gasteiger partial charge in [0.25, 0.3) is 5.56 Å². The summed E-state index contributed by atoms with van der Waals surface area (Å²) in [5.41, 5.74) is 2.45. The minimum absolute atomic E-state index is 0.0366. The molecule has 1 fully saturated rings. The van der Waals surface area contributed by atoms with Crippen LogP contribution in [-0.4, -0.2) is 55.4 Å². The number of aromatic nitrogens is 4. The van der Waals surface area contributed by atoms with E-state index in [2.05, 4.69) is 15.2 Å². The maximum Gasteiger partial charge on any atom is 0.325 e. The van der Waals surface area contributed by atoms with Crippen LogP contribution in [-0.2, 0) is 16.6 Å². The van der Waals surface area contributed by atoms with Crippen LogP contribution in [0.15, 0.2) is 71.7 Å². The number of ether oxygens (including phenoxy) is 1. The zero-order valence-electron chi connectivity index (χ0n) is 25.4. The molecule has 0 aliphatic carbocycles. The highest BCUT2D eigenvalue weighted by molar-refractivity contribution is 5.80. The summed E-state index contributed by atoms with van der Waals surface area (Å²) < 4.78 is 22.9. The van der Waals surface area contributed by atoms with Crippen molar-refractivity contribution < 1.29 is 13.9 Å². The summed E-state index contributed by atoms with van der Waals surface area (Å²) in [4.78, 5) is 38.2. The van der Waals surface area contributed by atoms with E-state index in [-0.39, 0.29) is 29.4 Å². The number of nitrogens with zero attached hydrogens (tertiary/aromatic N) is 5. The van der Waals surface area contributed by atoms with Gasteiger partial charge in [0.15, 0.2) is 0 Å². The van der Waals surface area contributed by atoms with Gasteiger partial charge in [-0.2, -0.15) is 0 Å². The Bertz CT molecular complexity index is 1620. The summed E-state index contributed by atoms with van der Waals surface area (Å²) in [6, 6.07) is 17.7. The van der Waals surface area contributed by atoms with Gasteiger partial charge in [-0.25, -0.2) is 19.0 Å². The van der Waals surface area contributed by atoms with Gasteiger partial charge in [0.2, 0.25) is 5.95 Å². The van der Waals surface area contributed by atoms with Crippen LogP contribution in [0.25, 0.3) is 22.5 Å². The molecule has 1 saturated heterocycles. The maximum absolute atomic E-state index is 14.2. The van der Waals surface area contributed by atoms with Crippen LogP contribution in [0.1, 0.15) is 58.2 Å². The summed E-state index contributed by atoms with van der Waals surface area (Å²) in [5, 5.41) is 3.37. The quantitative estimate of drug-likeness (QED) is 0.255. The van der Waals surface area contributed by atoms with E-state index in [0.29, 0.717) is 61.0 Å². The molecule has 3 heterocycles. The molecular weight excluding hydrogens is 547 g/mol. The Labute approximate surface area is 251 Å². The smallest absolute Gasteiger partial charge is 0.325 e. The van der Waals surface area contributed by atoms with Crippen molar-refractivity contribution in [2.45, 2.75) is 58.2 Å². The minimum atomic E-state index is -0.758. The predicted octanol–water partition coefficient (Wildman–Crippen LogP) is 5.60. The summed E-state index contributed by atoms with van der Waals surface area (Å²) >= 11 is 0. The largest absolute Gasteiger partial charge is 0.465 e. The van der Waals surface area contributed by atoms with Crippen LogP contribution in [0.2, 0.25) is 0 Å². The number of carbonyl (C=O) groups excluding carboxylic acids is 1. The fourth-order valence-electron chi connectivity index (χ4n) is 5.89. The number of benzene rings is 2. The van der Waals surface area contributed by atoms with Crippen LogP contribution >= 0.6 is 0 Å². The summed E-state index contributed by atoms with van der Waals surface area (Å²) in [6.45, 7) is 9.20. The van der Waals surface area contributed by atoms with Crippen molar-refractivity contribution in [1.82, 2.24) is 24.2 Å². The van der Waals surface area contributed by atoms with Gasteiger partial charge in [0.1, 0.15) is 11.4 Å². The topological polar surface area (TPSA) is 94.3 Å². The molecule has 2 aromatic heterocycles. The molecule has 0 radical (unpaired) electrons. The van der Waals surface area contributed by atoms with Crippen molar-refractivity contribution in [3.05, 3.63) is 88.6 Å². The number of carbonyl (C=O) groups is 1. The molecule has 1 unspecified atom stereocenters. The molecule has 0 amide bonds. The van der Waals surface area contributed by atoms with E-state index >= 15 is 0 Å². The highest BCUT2D eigenvalue weighted by atomic mass is 19.1. The van der Waals surface area contributed by atoms with E-state index in [1.165, 1.54) is 12.1 Å². The molecule has 10 heteroatoms. The Kier molecular flexibility index (Phi) is 8.77. The molecule has 0 spiro atoms. The second kappa shape index (κ2) is 12.5. The highest BCUT2D eigenvalue weighted by Gasteiger charge is 2.39. The van der Waals surface area contributed by atoms with Crippen molar-refractivity contribution >= 4 is 11.9 Å². The number of anilines is 1. The third kappa shape index (κ3) is 6.10. The number of halogens is 1. The van der Waals surface area contributed by atoms with Crippen molar-refractivity contribution in [1.29, 1.82) is 0 Å². The monoisotopic (exact) mass is 586 g/mol. The average molecular weight is 587 g/mol. The van der Waals surface area contributed by atoms with E-state index in [1.54, 1.807) is 36.0 Å². The Morgan fingerprint density at radius 3 is 2.42 bits per heavy atom. The van der Waals surface area contributed by atoms with Crippen molar-refractivity contribution in [3.63, 3.8) is 0 Å². The predicted molar refractivity (Wildman–Crippen MR) is 165 cm³/mol. The fourth-order valence-corrected chi connectivity index (χ4v) is 5.89. The molecule has 226 valence electrons. The second-order valence-electron chi connectivity index (χ2n) is 11.4. The van der Waals surface area contributed by atoms with Gasteiger partial charge < -0.3 is 10.1 Å². The van der Waals surface area contributed by atoms with E-state index < -0.39 is 5.54 Å². The highest BCUT2D eigenvalue weighted by Crippen LogP contribution is 2.34. The number of rotatable bonds is 9. The first kappa shape index (κ1) is 30.2. The molecule has 0 saturated carbocycles.